The number of nitrogen functional groups attached to an aromatic ring is 1. The summed E-state index contributed by atoms with van der Waals surface area (Å²) < 4.78 is 0. The van der Waals surface area contributed by atoms with E-state index in [1.807, 2.05) is 6.20 Å². The molecule has 0 radical (unpaired) electrons. The number of aliphatic imine (C=N–C) groups is 1. The zero-order chi connectivity index (χ0) is 9.71. The van der Waals surface area contributed by atoms with Gasteiger partial charge in [-0.2, -0.15) is 0 Å². The summed E-state index contributed by atoms with van der Waals surface area (Å²) in [7, 11) is 0. The molecule has 0 saturated carbocycles. The zero-order valence-corrected chi connectivity index (χ0v) is 8.77. The lowest BCUT2D eigenvalue weighted by molar-refractivity contribution is 0.616. The molecule has 1 aliphatic carbocycles. The van der Waals surface area contributed by atoms with Gasteiger partial charge in [0, 0.05) is 16.7 Å². The van der Waals surface area contributed by atoms with Gasteiger partial charge in [0.15, 0.2) is 5.13 Å². The highest BCUT2D eigenvalue weighted by atomic mass is 32.1. The summed E-state index contributed by atoms with van der Waals surface area (Å²) in [5.74, 6) is 0.651. The molecule has 0 bridgehead atoms. The van der Waals surface area contributed by atoms with Gasteiger partial charge in [-0.3, -0.25) is 4.99 Å². The van der Waals surface area contributed by atoms with E-state index in [-0.39, 0.29) is 0 Å². The Morgan fingerprint density at radius 2 is 2.36 bits per heavy atom. The van der Waals surface area contributed by atoms with Crippen LogP contribution in [0.2, 0.25) is 0 Å². The first-order valence-electron chi connectivity index (χ1n) is 4.77. The molecule has 1 unspecified atom stereocenters. The van der Waals surface area contributed by atoms with Crippen molar-refractivity contribution < 1.29 is 0 Å². The average molecular weight is 205 g/mol. The van der Waals surface area contributed by atoms with Crippen LogP contribution in [0.3, 0.4) is 0 Å². The van der Waals surface area contributed by atoms with Crippen LogP contribution in [0.15, 0.2) is 11.2 Å². The standard InChI is InChI=1S/C10H11N3S/c1-5-2-7-6(4-12-7)9-8(3-5)14-10(11)13-9/h4-5H,2-3H2,1H3,(H2,11,13). The largest absolute Gasteiger partial charge is 0.375 e. The number of rotatable bonds is 0. The van der Waals surface area contributed by atoms with Crippen LogP contribution in [0.1, 0.15) is 23.9 Å². The van der Waals surface area contributed by atoms with Gasteiger partial charge in [0.05, 0.1) is 11.4 Å². The molecule has 2 aliphatic rings. The van der Waals surface area contributed by atoms with Gasteiger partial charge in [0.2, 0.25) is 0 Å². The maximum Gasteiger partial charge on any atom is 0.180 e. The fourth-order valence-electron chi connectivity index (χ4n) is 2.02. The minimum atomic E-state index is 0.651. The molecule has 4 heteroatoms. The van der Waals surface area contributed by atoms with Crippen LogP contribution in [-0.2, 0) is 6.42 Å². The number of allylic oxidation sites excluding steroid dienone is 1. The third-order valence-electron chi connectivity index (χ3n) is 2.71. The third-order valence-corrected chi connectivity index (χ3v) is 3.61. The molecule has 0 aromatic carbocycles. The van der Waals surface area contributed by atoms with Gasteiger partial charge in [-0.05, 0) is 18.8 Å². The minimum absolute atomic E-state index is 0.651. The van der Waals surface area contributed by atoms with Crippen LogP contribution in [0.5, 0.6) is 0 Å². The number of aromatic nitrogens is 1. The van der Waals surface area contributed by atoms with Gasteiger partial charge in [0.1, 0.15) is 0 Å². The second kappa shape index (κ2) is 2.67. The van der Waals surface area contributed by atoms with Crippen LogP contribution in [0, 0.1) is 5.92 Å². The average Bonchev–Trinajstić information content (AvgIpc) is 2.37. The molecule has 1 aliphatic heterocycles. The quantitative estimate of drug-likeness (QED) is 0.705. The molecule has 0 amide bonds. The molecule has 1 atom stereocenters. The Bertz CT molecular complexity index is 456. The van der Waals surface area contributed by atoms with Crippen LogP contribution in [0.4, 0.5) is 5.13 Å². The molecule has 0 spiro atoms. The Hall–Kier alpha value is -1.16. The summed E-state index contributed by atoms with van der Waals surface area (Å²) >= 11 is 1.62. The van der Waals surface area contributed by atoms with Gasteiger partial charge in [-0.1, -0.05) is 6.92 Å². The summed E-state index contributed by atoms with van der Waals surface area (Å²) in [4.78, 5) is 9.99. The molecule has 3 rings (SSSR count). The summed E-state index contributed by atoms with van der Waals surface area (Å²) in [6, 6.07) is 0. The van der Waals surface area contributed by atoms with Crippen molar-refractivity contribution in [3.8, 4) is 0 Å². The predicted molar refractivity (Wildman–Crippen MR) is 59.4 cm³/mol. The lowest BCUT2D eigenvalue weighted by atomic mass is 9.98. The van der Waals surface area contributed by atoms with Crippen molar-refractivity contribution in [2.24, 2.45) is 10.9 Å². The van der Waals surface area contributed by atoms with Crippen molar-refractivity contribution >= 4 is 27.8 Å². The zero-order valence-electron chi connectivity index (χ0n) is 7.95. The van der Waals surface area contributed by atoms with Crippen LogP contribution >= 0.6 is 11.3 Å². The van der Waals surface area contributed by atoms with Crippen LogP contribution in [-0.4, -0.2) is 10.7 Å². The van der Waals surface area contributed by atoms with E-state index in [9.17, 15) is 0 Å². The smallest absolute Gasteiger partial charge is 0.180 e. The summed E-state index contributed by atoms with van der Waals surface area (Å²) in [6.45, 7) is 2.25. The van der Waals surface area contributed by atoms with Gasteiger partial charge in [-0.15, -0.1) is 11.3 Å². The highest BCUT2D eigenvalue weighted by Gasteiger charge is 2.28. The highest BCUT2D eigenvalue weighted by Crippen LogP contribution is 2.37. The van der Waals surface area contributed by atoms with E-state index >= 15 is 0 Å². The maximum absolute atomic E-state index is 5.73. The molecule has 3 nitrogen and oxygen atoms in total. The summed E-state index contributed by atoms with van der Waals surface area (Å²) in [5.41, 5.74) is 9.24. The van der Waals surface area contributed by atoms with Crippen molar-refractivity contribution in [1.82, 2.24) is 4.98 Å². The van der Waals surface area contributed by atoms with Crippen molar-refractivity contribution in [2.75, 3.05) is 5.73 Å². The van der Waals surface area contributed by atoms with Gasteiger partial charge in [-0.25, -0.2) is 4.98 Å². The first-order chi connectivity index (χ1) is 6.74. The lowest BCUT2D eigenvalue weighted by Crippen LogP contribution is -2.10. The highest BCUT2D eigenvalue weighted by molar-refractivity contribution is 7.15. The van der Waals surface area contributed by atoms with Gasteiger partial charge in [0.25, 0.3) is 0 Å². The first kappa shape index (κ1) is 8.17. The Labute approximate surface area is 86.4 Å². The van der Waals surface area contributed by atoms with E-state index in [1.165, 1.54) is 16.2 Å². The number of hydrogen-bond acceptors (Lipinski definition) is 4. The van der Waals surface area contributed by atoms with Crippen molar-refractivity contribution in [1.29, 1.82) is 0 Å². The molecular weight excluding hydrogens is 194 g/mol. The van der Waals surface area contributed by atoms with Crippen molar-refractivity contribution in [2.45, 2.75) is 19.8 Å². The van der Waals surface area contributed by atoms with E-state index in [2.05, 4.69) is 16.9 Å². The van der Waals surface area contributed by atoms with Crippen LogP contribution in [0.25, 0.3) is 5.57 Å². The Morgan fingerprint density at radius 1 is 1.50 bits per heavy atom. The molecule has 1 aromatic heterocycles. The molecule has 14 heavy (non-hydrogen) atoms. The Kier molecular flexibility index (Phi) is 1.56. The second-order valence-corrected chi connectivity index (χ2v) is 5.07. The molecular formula is C10H11N3S. The minimum Gasteiger partial charge on any atom is -0.375 e. The van der Waals surface area contributed by atoms with E-state index in [0.717, 1.165) is 18.5 Å². The SMILES string of the molecule is CC1CC2=NC=C2c2nc(N)sc2C1. The van der Waals surface area contributed by atoms with E-state index in [0.29, 0.717) is 11.0 Å². The van der Waals surface area contributed by atoms with Crippen molar-refractivity contribution in [3.05, 3.63) is 16.8 Å². The molecule has 1 aromatic rings. The van der Waals surface area contributed by atoms with Crippen molar-refractivity contribution in [3.63, 3.8) is 0 Å². The number of nitrogens with zero attached hydrogens (tertiary/aromatic N) is 2. The second-order valence-electron chi connectivity index (χ2n) is 3.96. The number of anilines is 1. The molecule has 2 N–H and O–H groups in total. The Morgan fingerprint density at radius 3 is 3.07 bits per heavy atom. The molecule has 0 fully saturated rings. The number of fused-ring (bicyclic) bond motifs is 3. The fourth-order valence-corrected chi connectivity index (χ4v) is 3.03. The fraction of sp³-hybridized carbons (Fsp3) is 0.400. The molecule has 0 saturated heterocycles. The first-order valence-corrected chi connectivity index (χ1v) is 5.58. The van der Waals surface area contributed by atoms with E-state index < -0.39 is 0 Å². The van der Waals surface area contributed by atoms with E-state index in [4.69, 9.17) is 5.73 Å². The number of hydrogen-bond donors (Lipinski definition) is 1. The molecule has 72 valence electrons. The predicted octanol–water partition coefficient (Wildman–Crippen LogP) is 2.10. The number of thiazole rings is 1. The lowest BCUT2D eigenvalue weighted by Gasteiger charge is -2.13. The summed E-state index contributed by atoms with van der Waals surface area (Å²) in [6.07, 6.45) is 4.07. The normalized spacial score (nSPS) is 23.9. The van der Waals surface area contributed by atoms with Gasteiger partial charge >= 0.3 is 0 Å². The van der Waals surface area contributed by atoms with Crippen LogP contribution < -0.4 is 5.73 Å². The maximum atomic E-state index is 5.73. The monoisotopic (exact) mass is 205 g/mol. The topological polar surface area (TPSA) is 51.3 Å². The molecule has 2 heterocycles. The third kappa shape index (κ3) is 1.04. The van der Waals surface area contributed by atoms with Gasteiger partial charge < -0.3 is 5.73 Å². The van der Waals surface area contributed by atoms with E-state index in [1.54, 1.807) is 11.3 Å². The number of nitrogens with two attached hydrogens (primary N) is 1. The Balaban J connectivity index is 2.13. The summed E-state index contributed by atoms with van der Waals surface area (Å²) in [5, 5.41) is 0.677.